The highest BCUT2D eigenvalue weighted by molar-refractivity contribution is 5.90. The number of urea groups is 1. The van der Waals surface area contributed by atoms with E-state index < -0.39 is 0 Å². The van der Waals surface area contributed by atoms with Gasteiger partial charge >= 0.3 is 6.03 Å². The molecule has 0 saturated carbocycles. The highest BCUT2D eigenvalue weighted by atomic mass is 16.2. The summed E-state index contributed by atoms with van der Waals surface area (Å²) in [6.07, 6.45) is 0.768. The first-order valence-electron chi connectivity index (χ1n) is 12.8. The van der Waals surface area contributed by atoms with Gasteiger partial charge in [-0.1, -0.05) is 72.3 Å². The van der Waals surface area contributed by atoms with Crippen LogP contribution in [0, 0.1) is 20.8 Å². The number of benzene rings is 3. The van der Waals surface area contributed by atoms with Gasteiger partial charge < -0.3 is 15.1 Å². The van der Waals surface area contributed by atoms with Gasteiger partial charge in [-0.05, 0) is 44.0 Å². The molecule has 0 atom stereocenters. The summed E-state index contributed by atoms with van der Waals surface area (Å²) in [6, 6.07) is 26.6. The second-order valence-electron chi connectivity index (χ2n) is 9.69. The fraction of sp³-hybridized carbons (Fsp3) is 0.258. The summed E-state index contributed by atoms with van der Waals surface area (Å²) < 4.78 is 0. The summed E-state index contributed by atoms with van der Waals surface area (Å²) in [4.78, 5) is 27.2. The van der Waals surface area contributed by atoms with Crippen LogP contribution in [0.1, 0.15) is 27.9 Å². The first-order chi connectivity index (χ1) is 18.0. The maximum Gasteiger partial charge on any atom is 0.321 e. The lowest BCUT2D eigenvalue weighted by molar-refractivity contribution is 0.208. The number of nitrogens with one attached hydrogen (secondary N) is 1. The molecule has 3 aromatic carbocycles. The molecule has 188 valence electrons. The van der Waals surface area contributed by atoms with E-state index in [0.717, 1.165) is 46.1 Å². The minimum atomic E-state index is -0.0576. The predicted molar refractivity (Wildman–Crippen MR) is 150 cm³/mol. The molecule has 1 saturated heterocycles. The van der Waals surface area contributed by atoms with Crippen molar-refractivity contribution in [2.45, 2.75) is 27.2 Å². The third-order valence-electron chi connectivity index (χ3n) is 6.95. The predicted octanol–water partition coefficient (Wildman–Crippen LogP) is 6.01. The van der Waals surface area contributed by atoms with E-state index in [9.17, 15) is 4.79 Å². The Kier molecular flexibility index (Phi) is 7.17. The monoisotopic (exact) mass is 491 g/mol. The van der Waals surface area contributed by atoms with Crippen molar-refractivity contribution >= 4 is 17.5 Å². The summed E-state index contributed by atoms with van der Waals surface area (Å²) in [7, 11) is 0. The van der Waals surface area contributed by atoms with Crippen LogP contribution in [0.15, 0.2) is 78.9 Å². The summed E-state index contributed by atoms with van der Waals surface area (Å²) in [6.45, 7) is 8.86. The Morgan fingerprint density at radius 1 is 0.838 bits per heavy atom. The van der Waals surface area contributed by atoms with Gasteiger partial charge in [-0.15, -0.1) is 0 Å². The minimum Gasteiger partial charge on any atom is -0.353 e. The molecule has 1 N–H and O–H groups in total. The number of hydrogen-bond donors (Lipinski definition) is 1. The molecule has 37 heavy (non-hydrogen) atoms. The molecular formula is C31H33N5O. The molecule has 6 heteroatoms. The van der Waals surface area contributed by atoms with E-state index >= 15 is 0 Å². The topological polar surface area (TPSA) is 61.4 Å². The van der Waals surface area contributed by atoms with Gasteiger partial charge in [0.2, 0.25) is 0 Å². The van der Waals surface area contributed by atoms with Gasteiger partial charge in [0.05, 0.1) is 0 Å². The molecule has 1 fully saturated rings. The molecule has 0 unspecified atom stereocenters. The lowest BCUT2D eigenvalue weighted by Crippen LogP contribution is -2.50. The molecule has 0 bridgehead atoms. The van der Waals surface area contributed by atoms with Crippen LogP contribution in [0.5, 0.6) is 0 Å². The maximum atomic E-state index is 13.0. The molecule has 1 aliphatic rings. The molecule has 6 nitrogen and oxygen atoms in total. The molecule has 0 aliphatic carbocycles. The molecule has 4 aromatic rings. The Balaban J connectivity index is 1.40. The van der Waals surface area contributed by atoms with Crippen LogP contribution in [0.25, 0.3) is 11.4 Å². The Morgan fingerprint density at radius 2 is 1.57 bits per heavy atom. The zero-order chi connectivity index (χ0) is 25.8. The van der Waals surface area contributed by atoms with E-state index in [1.54, 1.807) is 0 Å². The van der Waals surface area contributed by atoms with Crippen molar-refractivity contribution in [3.8, 4) is 11.4 Å². The molecule has 2 heterocycles. The van der Waals surface area contributed by atoms with Crippen molar-refractivity contribution in [3.63, 3.8) is 0 Å². The third-order valence-corrected chi connectivity index (χ3v) is 6.95. The highest BCUT2D eigenvalue weighted by Crippen LogP contribution is 2.29. The average molecular weight is 492 g/mol. The van der Waals surface area contributed by atoms with Gasteiger partial charge in [0, 0.05) is 55.1 Å². The van der Waals surface area contributed by atoms with E-state index in [-0.39, 0.29) is 6.03 Å². The standard InChI is InChI=1S/C31H33N5O/c1-22-10-9-14-26(20-22)29-32-24(3)27(21-25-12-5-4-6-13-25)30(34-29)35-16-18-36(19-17-35)31(37)33-28-15-8-7-11-23(28)2/h4-15,20H,16-19,21H2,1-3H3,(H,33,37). The van der Waals surface area contributed by atoms with E-state index in [1.165, 1.54) is 11.1 Å². The number of aryl methyl sites for hydroxylation is 3. The number of rotatable bonds is 5. The number of carbonyl (C=O) groups is 1. The Hall–Kier alpha value is -4.19. The highest BCUT2D eigenvalue weighted by Gasteiger charge is 2.25. The van der Waals surface area contributed by atoms with E-state index in [4.69, 9.17) is 9.97 Å². The molecule has 0 spiro atoms. The first kappa shape index (κ1) is 24.5. The molecular weight excluding hydrogens is 458 g/mol. The van der Waals surface area contributed by atoms with E-state index in [2.05, 4.69) is 66.5 Å². The number of piperazine rings is 1. The van der Waals surface area contributed by atoms with Crippen LogP contribution in [0.3, 0.4) is 0 Å². The fourth-order valence-corrected chi connectivity index (χ4v) is 4.79. The smallest absolute Gasteiger partial charge is 0.321 e. The van der Waals surface area contributed by atoms with Gasteiger partial charge in [-0.25, -0.2) is 14.8 Å². The third kappa shape index (κ3) is 5.64. The number of hydrogen-bond acceptors (Lipinski definition) is 4. The SMILES string of the molecule is Cc1cccc(-c2nc(C)c(Cc3ccccc3)c(N3CCN(C(=O)Nc4ccccc4C)CC3)n2)c1. The van der Waals surface area contributed by atoms with Gasteiger partial charge in [-0.3, -0.25) is 0 Å². The van der Waals surface area contributed by atoms with Crippen LogP contribution in [0.4, 0.5) is 16.3 Å². The van der Waals surface area contributed by atoms with Crippen molar-refractivity contribution in [3.05, 3.63) is 107 Å². The van der Waals surface area contributed by atoms with Crippen LogP contribution >= 0.6 is 0 Å². The first-order valence-corrected chi connectivity index (χ1v) is 12.8. The number of carbonyl (C=O) groups excluding carboxylic acids is 1. The molecule has 5 rings (SSSR count). The van der Waals surface area contributed by atoms with Crippen molar-refractivity contribution in [1.82, 2.24) is 14.9 Å². The van der Waals surface area contributed by atoms with Crippen molar-refractivity contribution < 1.29 is 4.79 Å². The van der Waals surface area contributed by atoms with Gasteiger partial charge in [0.1, 0.15) is 5.82 Å². The summed E-state index contributed by atoms with van der Waals surface area (Å²) in [5.74, 6) is 1.71. The minimum absolute atomic E-state index is 0.0576. The van der Waals surface area contributed by atoms with Crippen LogP contribution < -0.4 is 10.2 Å². The molecule has 1 aromatic heterocycles. The lowest BCUT2D eigenvalue weighted by atomic mass is 10.0. The van der Waals surface area contributed by atoms with Gasteiger partial charge in [0.15, 0.2) is 5.82 Å². The van der Waals surface area contributed by atoms with Gasteiger partial charge in [-0.2, -0.15) is 0 Å². The number of anilines is 2. The zero-order valence-corrected chi connectivity index (χ0v) is 21.7. The Bertz CT molecular complexity index is 1390. The number of para-hydroxylation sites is 1. The summed E-state index contributed by atoms with van der Waals surface area (Å²) in [5.41, 5.74) is 7.48. The Morgan fingerprint density at radius 3 is 2.30 bits per heavy atom. The molecule has 1 aliphatic heterocycles. The lowest BCUT2D eigenvalue weighted by Gasteiger charge is -2.36. The Labute approximate surface area is 219 Å². The second-order valence-corrected chi connectivity index (χ2v) is 9.69. The van der Waals surface area contributed by atoms with Crippen molar-refractivity contribution in [2.24, 2.45) is 0 Å². The number of aromatic nitrogens is 2. The van der Waals surface area contributed by atoms with Gasteiger partial charge in [0.25, 0.3) is 0 Å². The second kappa shape index (κ2) is 10.8. The summed E-state index contributed by atoms with van der Waals surface area (Å²) in [5, 5.41) is 3.07. The molecule has 0 radical (unpaired) electrons. The zero-order valence-electron chi connectivity index (χ0n) is 21.7. The fourth-order valence-electron chi connectivity index (χ4n) is 4.79. The normalized spacial score (nSPS) is 13.5. The molecule has 2 amide bonds. The number of amides is 2. The van der Waals surface area contributed by atoms with Crippen LogP contribution in [-0.2, 0) is 6.42 Å². The van der Waals surface area contributed by atoms with E-state index in [1.807, 2.05) is 48.2 Å². The van der Waals surface area contributed by atoms with Crippen molar-refractivity contribution in [1.29, 1.82) is 0 Å². The van der Waals surface area contributed by atoms with Crippen LogP contribution in [-0.4, -0.2) is 47.1 Å². The summed E-state index contributed by atoms with van der Waals surface area (Å²) >= 11 is 0. The van der Waals surface area contributed by atoms with E-state index in [0.29, 0.717) is 26.2 Å². The quantitative estimate of drug-likeness (QED) is 0.371. The largest absolute Gasteiger partial charge is 0.353 e. The van der Waals surface area contributed by atoms with Crippen LogP contribution in [0.2, 0.25) is 0 Å². The maximum absolute atomic E-state index is 13.0. The average Bonchev–Trinajstić information content (AvgIpc) is 2.91. The van der Waals surface area contributed by atoms with Crippen molar-refractivity contribution in [2.75, 3.05) is 36.4 Å². The number of nitrogens with zero attached hydrogens (tertiary/aromatic N) is 4.